The summed E-state index contributed by atoms with van der Waals surface area (Å²) in [5.74, 6) is 1.84. The average Bonchev–Trinajstić information content (AvgIpc) is 2.44. The van der Waals surface area contributed by atoms with Crippen molar-refractivity contribution in [1.82, 2.24) is 10.2 Å². The molecule has 4 nitrogen and oxygen atoms in total. The van der Waals surface area contributed by atoms with E-state index in [0.717, 1.165) is 37.5 Å². The molecule has 1 aromatic carbocycles. The highest BCUT2D eigenvalue weighted by molar-refractivity contribution is 5.46. The Kier molecular flexibility index (Phi) is 4.13. The van der Waals surface area contributed by atoms with Gasteiger partial charge in [0.05, 0.1) is 12.7 Å². The van der Waals surface area contributed by atoms with E-state index >= 15 is 0 Å². The Bertz CT molecular complexity index is 454. The molecule has 1 aliphatic heterocycles. The molecule has 1 atom stereocenters. The molecule has 2 aliphatic rings. The Morgan fingerprint density at radius 2 is 2.05 bits per heavy atom. The quantitative estimate of drug-likeness (QED) is 0.884. The number of nitrogens with one attached hydrogen (secondary N) is 1. The van der Waals surface area contributed by atoms with E-state index in [-0.39, 0.29) is 0 Å². The Hall–Kier alpha value is -1.26. The summed E-state index contributed by atoms with van der Waals surface area (Å²) in [4.78, 5) is 2.51. The standard InChI is InChI=1S/C16H24N2O2/c1-20-14-7-3-6-13(19)15(14)16(12-4-2-5-12)18-10-8-17-9-11-18/h3,6-7,12,16-17,19H,2,4-5,8-11H2,1H3/t16-/m1/s1. The highest BCUT2D eigenvalue weighted by Crippen LogP contribution is 2.47. The number of piperazine rings is 1. The molecule has 110 valence electrons. The molecule has 0 bridgehead atoms. The first-order chi connectivity index (χ1) is 9.81. The van der Waals surface area contributed by atoms with E-state index in [1.165, 1.54) is 19.3 Å². The van der Waals surface area contributed by atoms with Gasteiger partial charge in [-0.2, -0.15) is 0 Å². The summed E-state index contributed by atoms with van der Waals surface area (Å²) in [6, 6.07) is 5.89. The highest BCUT2D eigenvalue weighted by Gasteiger charge is 2.36. The van der Waals surface area contributed by atoms with Crippen LogP contribution in [-0.4, -0.2) is 43.3 Å². The molecule has 3 rings (SSSR count). The maximum atomic E-state index is 10.4. The van der Waals surface area contributed by atoms with Crippen LogP contribution in [0.3, 0.4) is 0 Å². The van der Waals surface area contributed by atoms with Gasteiger partial charge in [-0.15, -0.1) is 0 Å². The van der Waals surface area contributed by atoms with Crippen LogP contribution in [0.15, 0.2) is 18.2 Å². The molecule has 0 radical (unpaired) electrons. The normalized spacial score (nSPS) is 22.2. The molecule has 0 aromatic heterocycles. The summed E-state index contributed by atoms with van der Waals surface area (Å²) >= 11 is 0. The zero-order valence-electron chi connectivity index (χ0n) is 12.1. The summed E-state index contributed by atoms with van der Waals surface area (Å²) in [6.45, 7) is 4.13. The summed E-state index contributed by atoms with van der Waals surface area (Å²) < 4.78 is 5.51. The molecule has 0 unspecified atom stereocenters. The first-order valence-electron chi connectivity index (χ1n) is 7.62. The van der Waals surface area contributed by atoms with Gasteiger partial charge >= 0.3 is 0 Å². The van der Waals surface area contributed by atoms with Crippen molar-refractivity contribution >= 4 is 0 Å². The minimum atomic E-state index is 0.294. The third-order valence-corrected chi connectivity index (χ3v) is 4.70. The molecule has 2 fully saturated rings. The number of hydrogen-bond acceptors (Lipinski definition) is 4. The van der Waals surface area contributed by atoms with Crippen LogP contribution < -0.4 is 10.1 Å². The number of aromatic hydroxyl groups is 1. The molecule has 1 heterocycles. The third-order valence-electron chi connectivity index (χ3n) is 4.70. The van der Waals surface area contributed by atoms with Gasteiger partial charge in [0.2, 0.25) is 0 Å². The maximum Gasteiger partial charge on any atom is 0.127 e. The molecule has 1 saturated carbocycles. The fourth-order valence-corrected chi connectivity index (χ4v) is 3.44. The Morgan fingerprint density at radius 3 is 2.65 bits per heavy atom. The smallest absolute Gasteiger partial charge is 0.127 e. The molecule has 1 saturated heterocycles. The van der Waals surface area contributed by atoms with Crippen LogP contribution in [0.4, 0.5) is 0 Å². The number of phenolic OH excluding ortho intramolecular Hbond substituents is 1. The Morgan fingerprint density at radius 1 is 1.30 bits per heavy atom. The summed E-state index contributed by atoms with van der Waals surface area (Å²) in [5, 5.41) is 13.8. The SMILES string of the molecule is COc1cccc(O)c1[C@@H](C1CCC1)N1CCNCC1. The van der Waals surface area contributed by atoms with Crippen LogP contribution in [0.2, 0.25) is 0 Å². The highest BCUT2D eigenvalue weighted by atomic mass is 16.5. The summed E-state index contributed by atoms with van der Waals surface area (Å²) in [7, 11) is 1.69. The number of phenols is 1. The molecular weight excluding hydrogens is 252 g/mol. The van der Waals surface area contributed by atoms with Crippen molar-refractivity contribution in [2.75, 3.05) is 33.3 Å². The van der Waals surface area contributed by atoms with Gasteiger partial charge in [-0.25, -0.2) is 0 Å². The van der Waals surface area contributed by atoms with Crippen molar-refractivity contribution < 1.29 is 9.84 Å². The largest absolute Gasteiger partial charge is 0.507 e. The minimum absolute atomic E-state index is 0.294. The van der Waals surface area contributed by atoms with Crippen molar-refractivity contribution in [2.45, 2.75) is 25.3 Å². The second kappa shape index (κ2) is 6.02. The van der Waals surface area contributed by atoms with Gasteiger partial charge in [0.25, 0.3) is 0 Å². The monoisotopic (exact) mass is 276 g/mol. The second-order valence-electron chi connectivity index (χ2n) is 5.81. The molecule has 0 amide bonds. The predicted molar refractivity (Wildman–Crippen MR) is 79.2 cm³/mol. The number of hydrogen-bond donors (Lipinski definition) is 2. The van der Waals surface area contributed by atoms with Crippen LogP contribution in [0.5, 0.6) is 11.5 Å². The van der Waals surface area contributed by atoms with Crippen molar-refractivity contribution in [3.05, 3.63) is 23.8 Å². The van der Waals surface area contributed by atoms with Crippen LogP contribution in [0.25, 0.3) is 0 Å². The van der Waals surface area contributed by atoms with Crippen LogP contribution in [0, 0.1) is 5.92 Å². The van der Waals surface area contributed by atoms with Gasteiger partial charge in [-0.1, -0.05) is 12.5 Å². The van der Waals surface area contributed by atoms with Crippen molar-refractivity contribution in [2.24, 2.45) is 5.92 Å². The lowest BCUT2D eigenvalue weighted by Gasteiger charge is -2.43. The van der Waals surface area contributed by atoms with E-state index in [1.54, 1.807) is 13.2 Å². The second-order valence-corrected chi connectivity index (χ2v) is 5.81. The third kappa shape index (κ3) is 2.50. The zero-order valence-corrected chi connectivity index (χ0v) is 12.1. The molecule has 4 heteroatoms. The van der Waals surface area contributed by atoms with E-state index in [9.17, 15) is 5.11 Å². The predicted octanol–water partition coefficient (Wildman–Crippen LogP) is 2.15. The van der Waals surface area contributed by atoms with Gasteiger partial charge < -0.3 is 15.2 Å². The molecule has 1 aromatic rings. The first-order valence-corrected chi connectivity index (χ1v) is 7.62. The lowest BCUT2D eigenvalue weighted by Crippen LogP contribution is -2.47. The number of benzene rings is 1. The van der Waals surface area contributed by atoms with Gasteiger partial charge in [-0.3, -0.25) is 4.90 Å². The number of nitrogens with zero attached hydrogens (tertiary/aromatic N) is 1. The number of rotatable bonds is 4. The molecule has 1 aliphatic carbocycles. The maximum absolute atomic E-state index is 10.4. The van der Waals surface area contributed by atoms with Crippen LogP contribution in [0.1, 0.15) is 30.9 Å². The Labute approximate surface area is 120 Å². The fraction of sp³-hybridized carbons (Fsp3) is 0.625. The van der Waals surface area contributed by atoms with Gasteiger partial charge in [0, 0.05) is 32.2 Å². The van der Waals surface area contributed by atoms with Crippen molar-refractivity contribution in [1.29, 1.82) is 0 Å². The van der Waals surface area contributed by atoms with Crippen molar-refractivity contribution in [3.8, 4) is 11.5 Å². The van der Waals surface area contributed by atoms with Gasteiger partial charge in [-0.05, 0) is 30.9 Å². The molecular formula is C16H24N2O2. The van der Waals surface area contributed by atoms with Crippen LogP contribution in [-0.2, 0) is 0 Å². The van der Waals surface area contributed by atoms with E-state index < -0.39 is 0 Å². The molecule has 2 N–H and O–H groups in total. The van der Waals surface area contributed by atoms with E-state index in [4.69, 9.17) is 4.74 Å². The van der Waals surface area contributed by atoms with Gasteiger partial charge in [0.1, 0.15) is 11.5 Å². The molecule has 20 heavy (non-hydrogen) atoms. The van der Waals surface area contributed by atoms with E-state index in [0.29, 0.717) is 17.7 Å². The fourth-order valence-electron chi connectivity index (χ4n) is 3.44. The van der Waals surface area contributed by atoms with Crippen molar-refractivity contribution in [3.63, 3.8) is 0 Å². The number of ether oxygens (including phenoxy) is 1. The Balaban J connectivity index is 1.95. The lowest BCUT2D eigenvalue weighted by atomic mass is 9.75. The van der Waals surface area contributed by atoms with E-state index in [2.05, 4.69) is 10.2 Å². The summed E-state index contributed by atoms with van der Waals surface area (Å²) in [5.41, 5.74) is 0.988. The minimum Gasteiger partial charge on any atom is -0.507 e. The van der Waals surface area contributed by atoms with Gasteiger partial charge in [0.15, 0.2) is 0 Å². The molecule has 0 spiro atoms. The van der Waals surface area contributed by atoms with E-state index in [1.807, 2.05) is 12.1 Å². The number of methoxy groups -OCH3 is 1. The zero-order chi connectivity index (χ0) is 13.9. The lowest BCUT2D eigenvalue weighted by molar-refractivity contribution is 0.0800. The summed E-state index contributed by atoms with van der Waals surface area (Å²) in [6.07, 6.45) is 3.82. The first kappa shape index (κ1) is 13.7. The van der Waals surface area contributed by atoms with Crippen LogP contribution >= 0.6 is 0 Å². The average molecular weight is 276 g/mol. The topological polar surface area (TPSA) is 44.7 Å².